The highest BCUT2D eigenvalue weighted by Crippen LogP contribution is 2.24. The molecule has 2 N–H and O–H groups in total. The number of unbranched alkanes of at least 4 members (excludes halogenated alkanes) is 1. The standard InChI is InChI=1S/C19H29BrN6O/c1-5-6-11-21-19(23-13-18-25-24-15(3)26(18)4)22-12-14(2)27-17-10-8-7-9-16(17)20/h7-10,14H,5-6,11-13H2,1-4H3,(H2,21,22,23). The molecule has 2 aromatic rings. The second kappa shape index (κ2) is 10.9. The maximum absolute atomic E-state index is 5.99. The van der Waals surface area contributed by atoms with Crippen LogP contribution in [0.3, 0.4) is 0 Å². The highest BCUT2D eigenvalue weighted by Gasteiger charge is 2.09. The van der Waals surface area contributed by atoms with E-state index in [1.807, 2.05) is 49.7 Å². The van der Waals surface area contributed by atoms with Crippen molar-refractivity contribution in [2.45, 2.75) is 46.3 Å². The topological polar surface area (TPSA) is 76.4 Å². The van der Waals surface area contributed by atoms with Gasteiger partial charge in [-0.2, -0.15) is 0 Å². The molecular weight excluding hydrogens is 408 g/mol. The van der Waals surface area contributed by atoms with Crippen LogP contribution in [0.4, 0.5) is 0 Å². The van der Waals surface area contributed by atoms with Gasteiger partial charge in [0.05, 0.1) is 11.0 Å². The van der Waals surface area contributed by atoms with Crippen LogP contribution in [0, 0.1) is 6.92 Å². The van der Waals surface area contributed by atoms with Crippen molar-refractivity contribution in [1.82, 2.24) is 25.4 Å². The fourth-order valence-corrected chi connectivity index (χ4v) is 2.71. The minimum Gasteiger partial charge on any atom is -0.488 e. The summed E-state index contributed by atoms with van der Waals surface area (Å²) in [6, 6.07) is 7.85. The first-order valence-electron chi connectivity index (χ1n) is 9.29. The van der Waals surface area contributed by atoms with Crippen LogP contribution in [0.25, 0.3) is 0 Å². The summed E-state index contributed by atoms with van der Waals surface area (Å²) in [5.41, 5.74) is 0. The van der Waals surface area contributed by atoms with E-state index in [-0.39, 0.29) is 6.10 Å². The summed E-state index contributed by atoms with van der Waals surface area (Å²) in [4.78, 5) is 4.64. The molecule has 1 atom stereocenters. The van der Waals surface area contributed by atoms with E-state index in [4.69, 9.17) is 4.74 Å². The van der Waals surface area contributed by atoms with Crippen molar-refractivity contribution in [1.29, 1.82) is 0 Å². The third-order valence-corrected chi connectivity index (χ3v) is 4.76. The van der Waals surface area contributed by atoms with Crippen LogP contribution in [0.1, 0.15) is 38.3 Å². The molecule has 0 saturated heterocycles. The molecule has 0 saturated carbocycles. The second-order valence-electron chi connectivity index (χ2n) is 6.41. The first-order valence-corrected chi connectivity index (χ1v) is 10.1. The van der Waals surface area contributed by atoms with E-state index in [1.165, 1.54) is 0 Å². The Kier molecular flexibility index (Phi) is 8.57. The molecular formula is C19H29BrN6O. The zero-order chi connectivity index (χ0) is 19.6. The fraction of sp³-hybridized carbons (Fsp3) is 0.526. The Bertz CT molecular complexity index is 746. The van der Waals surface area contributed by atoms with Gasteiger partial charge in [0.15, 0.2) is 11.8 Å². The SMILES string of the molecule is CCCCNC(=NCc1nnc(C)n1C)NCC(C)Oc1ccccc1Br. The maximum Gasteiger partial charge on any atom is 0.191 e. The number of aromatic nitrogens is 3. The van der Waals surface area contributed by atoms with Gasteiger partial charge in [0, 0.05) is 13.6 Å². The lowest BCUT2D eigenvalue weighted by atomic mass is 10.3. The van der Waals surface area contributed by atoms with Crippen molar-refractivity contribution in [2.24, 2.45) is 12.0 Å². The molecule has 0 aliphatic carbocycles. The number of nitrogens with one attached hydrogen (secondary N) is 2. The lowest BCUT2D eigenvalue weighted by Gasteiger charge is -2.18. The van der Waals surface area contributed by atoms with Crippen molar-refractivity contribution in [3.05, 3.63) is 40.4 Å². The van der Waals surface area contributed by atoms with Crippen molar-refractivity contribution < 1.29 is 4.74 Å². The molecule has 0 spiro atoms. The van der Waals surface area contributed by atoms with Gasteiger partial charge in [0.25, 0.3) is 0 Å². The molecule has 27 heavy (non-hydrogen) atoms. The smallest absolute Gasteiger partial charge is 0.191 e. The zero-order valence-corrected chi connectivity index (χ0v) is 18.1. The number of rotatable bonds is 9. The zero-order valence-electron chi connectivity index (χ0n) is 16.5. The molecule has 2 rings (SSSR count). The Labute approximate surface area is 169 Å². The minimum absolute atomic E-state index is 0.0149. The van der Waals surface area contributed by atoms with Gasteiger partial charge in [-0.05, 0) is 48.3 Å². The van der Waals surface area contributed by atoms with Crippen molar-refractivity contribution >= 4 is 21.9 Å². The molecule has 1 unspecified atom stereocenters. The Morgan fingerprint density at radius 3 is 2.74 bits per heavy atom. The normalized spacial score (nSPS) is 12.7. The van der Waals surface area contributed by atoms with Crippen LogP contribution >= 0.6 is 15.9 Å². The summed E-state index contributed by atoms with van der Waals surface area (Å²) >= 11 is 3.51. The molecule has 1 aromatic carbocycles. The number of benzene rings is 1. The lowest BCUT2D eigenvalue weighted by molar-refractivity contribution is 0.222. The molecule has 0 bridgehead atoms. The van der Waals surface area contributed by atoms with Crippen LogP contribution < -0.4 is 15.4 Å². The highest BCUT2D eigenvalue weighted by molar-refractivity contribution is 9.10. The highest BCUT2D eigenvalue weighted by atomic mass is 79.9. The van der Waals surface area contributed by atoms with Crippen LogP contribution in [-0.4, -0.2) is 39.9 Å². The lowest BCUT2D eigenvalue weighted by Crippen LogP contribution is -2.42. The van der Waals surface area contributed by atoms with Crippen molar-refractivity contribution in [3.63, 3.8) is 0 Å². The number of aryl methyl sites for hydroxylation is 1. The third kappa shape index (κ3) is 6.86. The Hall–Kier alpha value is -2.09. The molecule has 1 aromatic heterocycles. The van der Waals surface area contributed by atoms with Gasteiger partial charge in [-0.3, -0.25) is 0 Å². The molecule has 0 amide bonds. The molecule has 1 heterocycles. The number of hydrogen-bond acceptors (Lipinski definition) is 4. The number of guanidine groups is 1. The monoisotopic (exact) mass is 436 g/mol. The molecule has 148 valence electrons. The van der Waals surface area contributed by atoms with Crippen LogP contribution in [0.5, 0.6) is 5.75 Å². The summed E-state index contributed by atoms with van der Waals surface area (Å²) < 4.78 is 8.89. The predicted octanol–water partition coefficient (Wildman–Crippen LogP) is 3.19. The summed E-state index contributed by atoms with van der Waals surface area (Å²) in [6.07, 6.45) is 2.20. The van der Waals surface area contributed by atoms with Crippen molar-refractivity contribution in [2.75, 3.05) is 13.1 Å². The van der Waals surface area contributed by atoms with Gasteiger partial charge in [0.2, 0.25) is 0 Å². The number of nitrogens with zero attached hydrogens (tertiary/aromatic N) is 4. The Balaban J connectivity index is 1.93. The van der Waals surface area contributed by atoms with E-state index in [1.54, 1.807) is 0 Å². The van der Waals surface area contributed by atoms with E-state index < -0.39 is 0 Å². The summed E-state index contributed by atoms with van der Waals surface area (Å²) in [7, 11) is 1.95. The van der Waals surface area contributed by atoms with E-state index in [9.17, 15) is 0 Å². The second-order valence-corrected chi connectivity index (χ2v) is 7.26. The number of ether oxygens (including phenoxy) is 1. The van der Waals surface area contributed by atoms with Crippen LogP contribution in [0.15, 0.2) is 33.7 Å². The maximum atomic E-state index is 5.99. The number of para-hydroxylation sites is 1. The first-order chi connectivity index (χ1) is 13.0. The average Bonchev–Trinajstić information content (AvgIpc) is 2.97. The molecule has 0 aliphatic heterocycles. The van der Waals surface area contributed by atoms with Gasteiger partial charge in [-0.25, -0.2) is 4.99 Å². The average molecular weight is 437 g/mol. The summed E-state index contributed by atoms with van der Waals surface area (Å²) in [5, 5.41) is 15.0. The van der Waals surface area contributed by atoms with Crippen molar-refractivity contribution in [3.8, 4) is 5.75 Å². The molecule has 8 heteroatoms. The van der Waals surface area contributed by atoms with E-state index in [0.29, 0.717) is 13.1 Å². The van der Waals surface area contributed by atoms with Gasteiger partial charge in [-0.15, -0.1) is 10.2 Å². The summed E-state index contributed by atoms with van der Waals surface area (Å²) in [6.45, 7) is 8.11. The quantitative estimate of drug-likeness (QED) is 0.358. The van der Waals surface area contributed by atoms with Crippen LogP contribution in [0.2, 0.25) is 0 Å². The number of aliphatic imine (C=N–C) groups is 1. The number of hydrogen-bond donors (Lipinski definition) is 2. The minimum atomic E-state index is -0.0149. The summed E-state index contributed by atoms with van der Waals surface area (Å²) in [5.74, 6) is 3.30. The first kappa shape index (κ1) is 21.2. The molecule has 0 aliphatic rings. The van der Waals surface area contributed by atoms with Gasteiger partial charge >= 0.3 is 0 Å². The molecule has 0 fully saturated rings. The van der Waals surface area contributed by atoms with Gasteiger partial charge in [-0.1, -0.05) is 25.5 Å². The largest absolute Gasteiger partial charge is 0.488 e. The van der Waals surface area contributed by atoms with E-state index in [2.05, 4.69) is 48.7 Å². The van der Waals surface area contributed by atoms with Crippen LogP contribution in [-0.2, 0) is 13.6 Å². The van der Waals surface area contributed by atoms with E-state index in [0.717, 1.165) is 47.2 Å². The Morgan fingerprint density at radius 2 is 2.07 bits per heavy atom. The predicted molar refractivity (Wildman–Crippen MR) is 112 cm³/mol. The third-order valence-electron chi connectivity index (χ3n) is 4.11. The Morgan fingerprint density at radius 1 is 1.30 bits per heavy atom. The number of halogens is 1. The molecule has 0 radical (unpaired) electrons. The molecule has 7 nitrogen and oxygen atoms in total. The van der Waals surface area contributed by atoms with Gasteiger partial charge < -0.3 is 19.9 Å². The van der Waals surface area contributed by atoms with Gasteiger partial charge in [0.1, 0.15) is 24.2 Å². The van der Waals surface area contributed by atoms with E-state index >= 15 is 0 Å². The fourth-order valence-electron chi connectivity index (χ4n) is 2.34.